The fraction of sp³-hybridized carbons (Fsp3) is 0.381. The Morgan fingerprint density at radius 2 is 2.00 bits per heavy atom. The summed E-state index contributed by atoms with van der Waals surface area (Å²) in [6.45, 7) is 5.00. The normalized spacial score (nSPS) is 20.1. The number of aryl methyl sites for hydroxylation is 1. The minimum absolute atomic E-state index is 0.0187. The summed E-state index contributed by atoms with van der Waals surface area (Å²) in [6.07, 6.45) is 2.70. The molecule has 1 aliphatic heterocycles. The summed E-state index contributed by atoms with van der Waals surface area (Å²) in [6, 6.07) is 13.4. The first-order valence-corrected chi connectivity index (χ1v) is 9.14. The van der Waals surface area contributed by atoms with E-state index in [0.717, 1.165) is 16.8 Å². The van der Waals surface area contributed by atoms with Crippen LogP contribution in [0.3, 0.4) is 0 Å². The van der Waals surface area contributed by atoms with Crippen molar-refractivity contribution in [2.24, 2.45) is 5.92 Å². The monoisotopic (exact) mass is 351 g/mol. The summed E-state index contributed by atoms with van der Waals surface area (Å²) in [5.74, 6) is -0.151. The number of amides is 2. The van der Waals surface area contributed by atoms with Gasteiger partial charge in [0.15, 0.2) is 0 Å². The molecule has 2 heterocycles. The highest BCUT2D eigenvalue weighted by molar-refractivity contribution is 5.85. The van der Waals surface area contributed by atoms with Crippen LogP contribution in [-0.4, -0.2) is 28.2 Å². The second-order valence-corrected chi connectivity index (χ2v) is 6.67. The van der Waals surface area contributed by atoms with Crippen molar-refractivity contribution in [1.82, 2.24) is 15.2 Å². The number of hydrogen-bond donors (Lipinski definition) is 1. The van der Waals surface area contributed by atoms with Crippen LogP contribution in [0.25, 0.3) is 0 Å². The molecular formula is C21H25N3O2. The lowest BCUT2D eigenvalue weighted by molar-refractivity contribution is -0.143. The number of likely N-dealkylation sites (tertiary alicyclic amines) is 1. The lowest BCUT2D eigenvalue weighted by Gasteiger charge is -2.41. The number of carbonyl (C=O) groups is 2. The van der Waals surface area contributed by atoms with Gasteiger partial charge in [0.05, 0.1) is 24.2 Å². The molecule has 5 heteroatoms. The molecule has 26 heavy (non-hydrogen) atoms. The Hall–Kier alpha value is -2.69. The van der Waals surface area contributed by atoms with Crippen LogP contribution in [0.1, 0.15) is 42.6 Å². The second kappa shape index (κ2) is 8.13. The van der Waals surface area contributed by atoms with Crippen LogP contribution in [0.5, 0.6) is 0 Å². The quantitative estimate of drug-likeness (QED) is 0.901. The van der Waals surface area contributed by atoms with Gasteiger partial charge in [-0.1, -0.05) is 30.3 Å². The molecule has 0 unspecified atom stereocenters. The van der Waals surface area contributed by atoms with Crippen molar-refractivity contribution in [1.29, 1.82) is 0 Å². The summed E-state index contributed by atoms with van der Waals surface area (Å²) < 4.78 is 0. The number of hydrogen-bond acceptors (Lipinski definition) is 3. The van der Waals surface area contributed by atoms with Crippen molar-refractivity contribution >= 4 is 11.8 Å². The topological polar surface area (TPSA) is 62.3 Å². The Labute approximate surface area is 154 Å². The Morgan fingerprint density at radius 1 is 1.23 bits per heavy atom. The van der Waals surface area contributed by atoms with E-state index in [1.807, 2.05) is 61.2 Å². The van der Waals surface area contributed by atoms with Crippen LogP contribution in [0, 0.1) is 12.8 Å². The number of aromatic nitrogens is 1. The van der Waals surface area contributed by atoms with Crippen molar-refractivity contribution in [2.75, 3.05) is 6.54 Å². The highest BCUT2D eigenvalue weighted by Crippen LogP contribution is 2.38. The van der Waals surface area contributed by atoms with E-state index in [4.69, 9.17) is 0 Å². The maximum absolute atomic E-state index is 13.0. The van der Waals surface area contributed by atoms with Gasteiger partial charge in [-0.25, -0.2) is 0 Å². The van der Waals surface area contributed by atoms with E-state index in [0.29, 0.717) is 25.9 Å². The molecule has 1 N–H and O–H groups in total. The fourth-order valence-electron chi connectivity index (χ4n) is 3.72. The van der Waals surface area contributed by atoms with Crippen molar-refractivity contribution in [3.63, 3.8) is 0 Å². The molecule has 2 atom stereocenters. The predicted octanol–water partition coefficient (Wildman–Crippen LogP) is 3.01. The molecule has 0 spiro atoms. The highest BCUT2D eigenvalue weighted by atomic mass is 16.2. The summed E-state index contributed by atoms with van der Waals surface area (Å²) in [4.78, 5) is 31.5. The Morgan fingerprint density at radius 3 is 2.69 bits per heavy atom. The molecule has 5 nitrogen and oxygen atoms in total. The predicted molar refractivity (Wildman–Crippen MR) is 100 cm³/mol. The third-order valence-corrected chi connectivity index (χ3v) is 5.06. The largest absolute Gasteiger partial charge is 0.350 e. The van der Waals surface area contributed by atoms with Crippen LogP contribution in [0.15, 0.2) is 48.7 Å². The van der Waals surface area contributed by atoms with Gasteiger partial charge in [-0.2, -0.15) is 0 Å². The maximum atomic E-state index is 13.0. The molecule has 0 saturated carbocycles. The number of pyridine rings is 1. The van der Waals surface area contributed by atoms with Gasteiger partial charge in [0.25, 0.3) is 0 Å². The molecule has 2 aromatic rings. The van der Waals surface area contributed by atoms with Gasteiger partial charge in [0, 0.05) is 19.2 Å². The Kier molecular flexibility index (Phi) is 5.66. The van der Waals surface area contributed by atoms with Gasteiger partial charge in [-0.15, -0.1) is 0 Å². The van der Waals surface area contributed by atoms with Gasteiger partial charge in [0.2, 0.25) is 11.8 Å². The molecule has 1 fully saturated rings. The Balaban J connectivity index is 1.84. The van der Waals surface area contributed by atoms with Crippen LogP contribution in [-0.2, 0) is 16.1 Å². The van der Waals surface area contributed by atoms with Crippen molar-refractivity contribution < 1.29 is 9.59 Å². The summed E-state index contributed by atoms with van der Waals surface area (Å²) in [7, 11) is 0. The van der Waals surface area contributed by atoms with E-state index in [1.165, 1.54) is 0 Å². The fourth-order valence-corrected chi connectivity index (χ4v) is 3.72. The van der Waals surface area contributed by atoms with Crippen LogP contribution in [0.2, 0.25) is 0 Å². The molecule has 0 radical (unpaired) electrons. The molecule has 0 aliphatic carbocycles. The molecular weight excluding hydrogens is 326 g/mol. The average Bonchev–Trinajstić information content (AvgIpc) is 2.67. The smallest absolute Gasteiger partial charge is 0.225 e. The number of nitrogens with zero attached hydrogens (tertiary/aromatic N) is 2. The number of carbonyl (C=O) groups excluding carboxylic acids is 2. The zero-order valence-electron chi connectivity index (χ0n) is 15.3. The highest BCUT2D eigenvalue weighted by Gasteiger charge is 2.40. The molecule has 1 aromatic heterocycles. The zero-order chi connectivity index (χ0) is 18.5. The molecule has 1 aromatic carbocycles. The molecule has 2 amide bonds. The van der Waals surface area contributed by atoms with E-state index in [-0.39, 0.29) is 23.8 Å². The summed E-state index contributed by atoms with van der Waals surface area (Å²) >= 11 is 0. The number of piperidine rings is 1. The second-order valence-electron chi connectivity index (χ2n) is 6.67. The van der Waals surface area contributed by atoms with Gasteiger partial charge < -0.3 is 10.2 Å². The summed E-state index contributed by atoms with van der Waals surface area (Å²) in [5, 5.41) is 3.01. The van der Waals surface area contributed by atoms with E-state index in [1.54, 1.807) is 6.20 Å². The molecule has 3 rings (SSSR count). The SMILES string of the molecule is CCN1C(=O)CC[C@@H](C(=O)NCc2ccccn2)[C@@H]1c1ccccc1C. The number of nitrogens with one attached hydrogen (secondary N) is 1. The minimum atomic E-state index is -0.252. The third kappa shape index (κ3) is 3.77. The first kappa shape index (κ1) is 18.1. The van der Waals surface area contributed by atoms with Crippen molar-refractivity contribution in [3.05, 3.63) is 65.5 Å². The Bertz CT molecular complexity index is 776. The molecule has 136 valence electrons. The van der Waals surface area contributed by atoms with Crippen LogP contribution >= 0.6 is 0 Å². The van der Waals surface area contributed by atoms with E-state index < -0.39 is 0 Å². The van der Waals surface area contributed by atoms with E-state index in [2.05, 4.69) is 10.3 Å². The van der Waals surface area contributed by atoms with Crippen LogP contribution in [0.4, 0.5) is 0 Å². The number of rotatable bonds is 5. The lowest BCUT2D eigenvalue weighted by atomic mass is 9.82. The standard InChI is InChI=1S/C21H25N3O2/c1-3-24-19(25)12-11-18(20(24)17-10-5-4-8-15(17)2)21(26)23-14-16-9-6-7-13-22-16/h4-10,13,18,20H,3,11-12,14H2,1-2H3,(H,23,26)/t18-,20+/m1/s1. The minimum Gasteiger partial charge on any atom is -0.350 e. The van der Waals surface area contributed by atoms with Crippen molar-refractivity contribution in [2.45, 2.75) is 39.3 Å². The number of benzene rings is 1. The maximum Gasteiger partial charge on any atom is 0.225 e. The van der Waals surface area contributed by atoms with E-state index in [9.17, 15) is 9.59 Å². The molecule has 1 saturated heterocycles. The lowest BCUT2D eigenvalue weighted by Crippen LogP contribution is -2.48. The molecule has 0 bridgehead atoms. The zero-order valence-corrected chi connectivity index (χ0v) is 15.3. The first-order valence-electron chi connectivity index (χ1n) is 9.14. The summed E-state index contributed by atoms with van der Waals surface area (Å²) in [5.41, 5.74) is 2.99. The van der Waals surface area contributed by atoms with Crippen molar-refractivity contribution in [3.8, 4) is 0 Å². The van der Waals surface area contributed by atoms with Gasteiger partial charge >= 0.3 is 0 Å². The third-order valence-electron chi connectivity index (χ3n) is 5.06. The first-order chi connectivity index (χ1) is 12.6. The average molecular weight is 351 g/mol. The van der Waals surface area contributed by atoms with Gasteiger partial charge in [0.1, 0.15) is 0 Å². The van der Waals surface area contributed by atoms with Gasteiger partial charge in [-0.3, -0.25) is 14.6 Å². The van der Waals surface area contributed by atoms with Crippen LogP contribution < -0.4 is 5.32 Å². The van der Waals surface area contributed by atoms with Gasteiger partial charge in [-0.05, 0) is 43.5 Å². The molecule has 1 aliphatic rings. The van der Waals surface area contributed by atoms with E-state index >= 15 is 0 Å².